The van der Waals surface area contributed by atoms with E-state index in [9.17, 15) is 22.8 Å². The van der Waals surface area contributed by atoms with Crippen molar-refractivity contribution in [3.05, 3.63) is 46.8 Å². The summed E-state index contributed by atoms with van der Waals surface area (Å²) in [5.41, 5.74) is 0.111. The predicted molar refractivity (Wildman–Crippen MR) is 105 cm³/mol. The Morgan fingerprint density at radius 1 is 1.13 bits per heavy atom. The first-order valence-electron chi connectivity index (χ1n) is 9.29. The zero-order valence-electron chi connectivity index (χ0n) is 17.5. The van der Waals surface area contributed by atoms with Gasteiger partial charge in [0.25, 0.3) is 0 Å². The minimum absolute atomic E-state index is 0.134. The minimum atomic E-state index is -4.40. The van der Waals surface area contributed by atoms with Crippen LogP contribution in [0.5, 0.6) is 0 Å². The van der Waals surface area contributed by atoms with Crippen LogP contribution in [0.1, 0.15) is 48.1 Å². The van der Waals surface area contributed by atoms with E-state index in [1.54, 1.807) is 27.7 Å². The lowest BCUT2D eigenvalue weighted by Gasteiger charge is -2.26. The van der Waals surface area contributed by atoms with Gasteiger partial charge in [-0.1, -0.05) is 26.0 Å². The van der Waals surface area contributed by atoms with Crippen molar-refractivity contribution in [2.45, 2.75) is 45.8 Å². The number of amides is 2. The molecule has 1 heterocycles. The van der Waals surface area contributed by atoms with Crippen LogP contribution in [-0.2, 0) is 22.9 Å². The highest BCUT2D eigenvalue weighted by atomic mass is 19.4. The molecular weight excluding hydrogens is 401 g/mol. The van der Waals surface area contributed by atoms with Gasteiger partial charge in [-0.15, -0.1) is 0 Å². The molecule has 2 amide bonds. The zero-order valence-corrected chi connectivity index (χ0v) is 17.5. The second-order valence-electron chi connectivity index (χ2n) is 7.38. The molecule has 0 bridgehead atoms. The summed E-state index contributed by atoms with van der Waals surface area (Å²) in [6.07, 6.45) is -4.40. The van der Waals surface area contributed by atoms with Crippen molar-refractivity contribution in [3.8, 4) is 0 Å². The lowest BCUT2D eigenvalue weighted by molar-refractivity contribution is -0.137. The van der Waals surface area contributed by atoms with Gasteiger partial charge in [-0.3, -0.25) is 4.68 Å². The first-order valence-corrected chi connectivity index (χ1v) is 9.29. The summed E-state index contributed by atoms with van der Waals surface area (Å²) < 4.78 is 44.4. The molecule has 164 valence electrons. The van der Waals surface area contributed by atoms with E-state index in [1.807, 2.05) is 0 Å². The average Bonchev–Trinajstić information content (AvgIpc) is 3.00. The average molecular weight is 426 g/mol. The molecule has 0 aliphatic rings. The van der Waals surface area contributed by atoms with E-state index in [0.29, 0.717) is 17.8 Å². The number of methoxy groups -OCH3 is 1. The maximum Gasteiger partial charge on any atom is 0.416 e. The standard InChI is InChI=1S/C20H25F3N4O3/c1-6-27-16(17(28)30-5)15(12(2)26-27)25-18(29)24-11-19(3,4)13-7-9-14(10-8-13)20(21,22)23/h7-10H,6,11H2,1-5H3,(H2,24,25,29). The van der Waals surface area contributed by atoms with Crippen LogP contribution in [0.15, 0.2) is 24.3 Å². The van der Waals surface area contributed by atoms with Gasteiger partial charge in [-0.2, -0.15) is 18.3 Å². The monoisotopic (exact) mass is 426 g/mol. The number of ether oxygens (including phenoxy) is 1. The molecule has 2 rings (SSSR count). The lowest BCUT2D eigenvalue weighted by atomic mass is 9.84. The molecule has 1 aromatic carbocycles. The molecule has 0 aliphatic heterocycles. The van der Waals surface area contributed by atoms with E-state index >= 15 is 0 Å². The molecule has 10 heteroatoms. The normalized spacial score (nSPS) is 11.9. The van der Waals surface area contributed by atoms with E-state index in [-0.39, 0.29) is 17.9 Å². The van der Waals surface area contributed by atoms with Crippen molar-refractivity contribution in [1.82, 2.24) is 15.1 Å². The molecule has 0 saturated heterocycles. The first kappa shape index (κ1) is 23.2. The Kier molecular flexibility index (Phi) is 6.79. The SMILES string of the molecule is CCn1nc(C)c(NC(=O)NCC(C)(C)c2ccc(C(F)(F)F)cc2)c1C(=O)OC. The fraction of sp³-hybridized carbons (Fsp3) is 0.450. The minimum Gasteiger partial charge on any atom is -0.464 e. The van der Waals surface area contributed by atoms with Gasteiger partial charge >= 0.3 is 18.2 Å². The molecule has 7 nitrogen and oxygen atoms in total. The molecule has 2 N–H and O–H groups in total. The third-order valence-electron chi connectivity index (χ3n) is 4.73. The van der Waals surface area contributed by atoms with Crippen molar-refractivity contribution in [3.63, 3.8) is 0 Å². The summed E-state index contributed by atoms with van der Waals surface area (Å²) in [7, 11) is 1.24. The number of rotatable bonds is 6. The van der Waals surface area contributed by atoms with Crippen LogP contribution in [0, 0.1) is 6.92 Å². The second-order valence-corrected chi connectivity index (χ2v) is 7.38. The van der Waals surface area contributed by atoms with Crippen molar-refractivity contribution >= 4 is 17.7 Å². The van der Waals surface area contributed by atoms with Gasteiger partial charge < -0.3 is 15.4 Å². The van der Waals surface area contributed by atoms with Crippen LogP contribution in [0.25, 0.3) is 0 Å². The first-order chi connectivity index (χ1) is 13.9. The zero-order chi connectivity index (χ0) is 22.7. The highest BCUT2D eigenvalue weighted by molar-refractivity contribution is 6.00. The fourth-order valence-electron chi connectivity index (χ4n) is 2.94. The molecule has 0 radical (unpaired) electrons. The summed E-state index contributed by atoms with van der Waals surface area (Å²) in [6, 6.07) is 4.25. The number of aromatic nitrogens is 2. The highest BCUT2D eigenvalue weighted by Crippen LogP contribution is 2.31. The number of carbonyl (C=O) groups is 2. The number of anilines is 1. The number of esters is 1. The Morgan fingerprint density at radius 3 is 2.20 bits per heavy atom. The highest BCUT2D eigenvalue weighted by Gasteiger charge is 2.31. The van der Waals surface area contributed by atoms with E-state index in [4.69, 9.17) is 4.74 Å². The smallest absolute Gasteiger partial charge is 0.416 e. The number of halogens is 3. The third kappa shape index (κ3) is 5.11. The van der Waals surface area contributed by atoms with E-state index in [2.05, 4.69) is 15.7 Å². The topological polar surface area (TPSA) is 85.3 Å². The van der Waals surface area contributed by atoms with Gasteiger partial charge in [-0.05, 0) is 31.5 Å². The van der Waals surface area contributed by atoms with Crippen LogP contribution in [0.3, 0.4) is 0 Å². The maximum absolute atomic E-state index is 12.7. The molecular formula is C20H25F3N4O3. The van der Waals surface area contributed by atoms with Gasteiger partial charge in [0.1, 0.15) is 0 Å². The Hall–Kier alpha value is -3.04. The van der Waals surface area contributed by atoms with Gasteiger partial charge in [0, 0.05) is 18.5 Å². The molecule has 0 fully saturated rings. The van der Waals surface area contributed by atoms with Crippen molar-refractivity contribution in [2.75, 3.05) is 19.0 Å². The largest absolute Gasteiger partial charge is 0.464 e. The number of hydrogen-bond donors (Lipinski definition) is 2. The number of alkyl halides is 3. The number of hydrogen-bond acceptors (Lipinski definition) is 4. The number of urea groups is 1. The van der Waals surface area contributed by atoms with Gasteiger partial charge in [0.2, 0.25) is 0 Å². The predicted octanol–water partition coefficient (Wildman–Crippen LogP) is 4.12. The Bertz CT molecular complexity index is 919. The van der Waals surface area contributed by atoms with E-state index in [0.717, 1.165) is 12.1 Å². The summed E-state index contributed by atoms with van der Waals surface area (Å²) in [4.78, 5) is 24.5. The second kappa shape index (κ2) is 8.76. The molecule has 0 atom stereocenters. The Labute approximate surface area is 172 Å². The van der Waals surface area contributed by atoms with Crippen molar-refractivity contribution in [1.29, 1.82) is 0 Å². The number of nitrogens with one attached hydrogen (secondary N) is 2. The molecule has 0 spiro atoms. The number of benzene rings is 1. The third-order valence-corrected chi connectivity index (χ3v) is 4.73. The fourth-order valence-corrected chi connectivity index (χ4v) is 2.94. The van der Waals surface area contributed by atoms with Crippen LogP contribution in [0.4, 0.5) is 23.7 Å². The summed E-state index contributed by atoms with van der Waals surface area (Å²) in [5, 5.41) is 9.53. The Balaban J connectivity index is 2.11. The molecule has 0 aliphatic carbocycles. The number of nitrogens with zero attached hydrogens (tertiary/aromatic N) is 2. The summed E-state index contributed by atoms with van der Waals surface area (Å²) >= 11 is 0. The van der Waals surface area contributed by atoms with Crippen LogP contribution < -0.4 is 10.6 Å². The summed E-state index contributed by atoms with van der Waals surface area (Å²) in [6.45, 7) is 7.62. The lowest BCUT2D eigenvalue weighted by Crippen LogP contribution is -2.39. The molecule has 1 aromatic heterocycles. The quantitative estimate of drug-likeness (QED) is 0.681. The Morgan fingerprint density at radius 2 is 1.70 bits per heavy atom. The molecule has 0 unspecified atom stereocenters. The molecule has 2 aromatic rings. The van der Waals surface area contributed by atoms with E-state index < -0.39 is 29.2 Å². The van der Waals surface area contributed by atoms with Crippen LogP contribution >= 0.6 is 0 Å². The van der Waals surface area contributed by atoms with Crippen molar-refractivity contribution in [2.24, 2.45) is 0 Å². The van der Waals surface area contributed by atoms with Gasteiger partial charge in [-0.25, -0.2) is 9.59 Å². The van der Waals surface area contributed by atoms with E-state index in [1.165, 1.54) is 23.9 Å². The van der Waals surface area contributed by atoms with Crippen LogP contribution in [-0.4, -0.2) is 35.4 Å². The summed E-state index contributed by atoms with van der Waals surface area (Å²) in [5.74, 6) is -0.627. The molecule has 30 heavy (non-hydrogen) atoms. The van der Waals surface area contributed by atoms with Crippen LogP contribution in [0.2, 0.25) is 0 Å². The number of aryl methyl sites for hydroxylation is 2. The maximum atomic E-state index is 12.7. The number of carbonyl (C=O) groups excluding carboxylic acids is 2. The van der Waals surface area contributed by atoms with Gasteiger partial charge in [0.05, 0.1) is 24.1 Å². The van der Waals surface area contributed by atoms with Gasteiger partial charge in [0.15, 0.2) is 5.69 Å². The molecule has 0 saturated carbocycles. The van der Waals surface area contributed by atoms with Crippen molar-refractivity contribution < 1.29 is 27.5 Å².